The molecule has 14 heteroatoms. The van der Waals surface area contributed by atoms with Crippen LogP contribution in [0.4, 0.5) is 13.2 Å². The summed E-state index contributed by atoms with van der Waals surface area (Å²) < 4.78 is 70.4. The van der Waals surface area contributed by atoms with E-state index in [0.717, 1.165) is 28.2 Å². The molecule has 0 aromatic heterocycles. The molecule has 2 aromatic rings. The van der Waals surface area contributed by atoms with Crippen molar-refractivity contribution in [2.45, 2.75) is 65.4 Å². The number of carbonyl (C=O) groups is 2. The number of alkyl halides is 3. The number of hydrogen-bond acceptors (Lipinski definition) is 6. The number of halogens is 5. The van der Waals surface area contributed by atoms with Crippen molar-refractivity contribution < 1.29 is 35.9 Å². The Kier molecular flexibility index (Phi) is 7.58. The number of nitrogens with one attached hydrogen (secondary N) is 1. The van der Waals surface area contributed by atoms with Crippen LogP contribution in [0.3, 0.4) is 0 Å². The molecule has 2 saturated carbocycles. The summed E-state index contributed by atoms with van der Waals surface area (Å²) in [5.74, 6) is -1.25. The molecule has 5 rings (SSSR count). The maximum absolute atomic E-state index is 14.0. The highest BCUT2D eigenvalue weighted by molar-refractivity contribution is 9.10. The minimum absolute atomic E-state index is 0.237. The molecule has 1 heterocycles. The van der Waals surface area contributed by atoms with Gasteiger partial charge >= 0.3 is 6.18 Å². The van der Waals surface area contributed by atoms with Crippen molar-refractivity contribution in [1.29, 1.82) is 5.26 Å². The second-order valence-corrected chi connectivity index (χ2v) is 14.2. The van der Waals surface area contributed by atoms with Gasteiger partial charge < -0.3 is 15.0 Å². The van der Waals surface area contributed by atoms with Gasteiger partial charge in [-0.05, 0) is 61.9 Å². The van der Waals surface area contributed by atoms with Gasteiger partial charge in [-0.1, -0.05) is 39.7 Å². The van der Waals surface area contributed by atoms with Crippen LogP contribution in [0.5, 0.6) is 5.75 Å². The zero-order valence-electron chi connectivity index (χ0n) is 21.4. The number of likely N-dealkylation sites (tertiary alicyclic amines) is 1. The second-order valence-electron chi connectivity index (χ2n) is 10.6. The number of nitrogens with zero attached hydrogens (tertiary/aromatic N) is 2. The third-order valence-electron chi connectivity index (χ3n) is 7.74. The average Bonchev–Trinajstić information content (AvgIpc) is 3.83. The highest BCUT2D eigenvalue weighted by atomic mass is 79.9. The van der Waals surface area contributed by atoms with Crippen molar-refractivity contribution in [3.8, 4) is 11.8 Å². The highest BCUT2D eigenvalue weighted by Gasteiger charge is 2.58. The van der Waals surface area contributed by atoms with Crippen LogP contribution in [0.2, 0.25) is 5.02 Å². The Morgan fingerprint density at radius 2 is 1.88 bits per heavy atom. The number of nitriles is 1. The lowest BCUT2D eigenvalue weighted by Crippen LogP contribution is -2.51. The van der Waals surface area contributed by atoms with Gasteiger partial charge in [0.15, 0.2) is 16.4 Å². The van der Waals surface area contributed by atoms with E-state index < -0.39 is 50.8 Å². The van der Waals surface area contributed by atoms with E-state index in [9.17, 15) is 36.4 Å². The number of carbonyl (C=O) groups excluding carboxylic acids is 2. The third kappa shape index (κ3) is 5.92. The van der Waals surface area contributed by atoms with E-state index in [4.69, 9.17) is 11.6 Å². The number of benzene rings is 2. The Labute approximate surface area is 247 Å². The van der Waals surface area contributed by atoms with Crippen LogP contribution in [0.25, 0.3) is 0 Å². The molecule has 0 radical (unpaired) electrons. The van der Waals surface area contributed by atoms with Crippen molar-refractivity contribution in [3.05, 3.63) is 57.5 Å². The van der Waals surface area contributed by atoms with Crippen molar-refractivity contribution in [1.82, 2.24) is 10.2 Å². The summed E-state index contributed by atoms with van der Waals surface area (Å²) in [5, 5.41) is 10.6. The van der Waals surface area contributed by atoms with Gasteiger partial charge in [-0.3, -0.25) is 9.59 Å². The summed E-state index contributed by atoms with van der Waals surface area (Å²) in [4.78, 5) is 28.3. The van der Waals surface area contributed by atoms with Gasteiger partial charge in [-0.2, -0.15) is 18.4 Å². The lowest BCUT2D eigenvalue weighted by Gasteiger charge is -2.29. The largest absolute Gasteiger partial charge is 0.484 e. The monoisotopic (exact) mass is 673 g/mol. The van der Waals surface area contributed by atoms with E-state index >= 15 is 0 Å². The highest BCUT2D eigenvalue weighted by Crippen LogP contribution is 2.51. The maximum atomic E-state index is 14.0. The van der Waals surface area contributed by atoms with Crippen molar-refractivity contribution in [2.75, 3.05) is 13.2 Å². The van der Waals surface area contributed by atoms with E-state index in [-0.39, 0.29) is 34.5 Å². The van der Waals surface area contributed by atoms with Crippen LogP contribution >= 0.6 is 27.5 Å². The van der Waals surface area contributed by atoms with Crippen molar-refractivity contribution in [3.63, 3.8) is 0 Å². The molecule has 1 saturated heterocycles. The topological polar surface area (TPSA) is 117 Å². The molecule has 2 aromatic carbocycles. The first-order valence-corrected chi connectivity index (χ1v) is 15.4. The predicted molar refractivity (Wildman–Crippen MR) is 145 cm³/mol. The van der Waals surface area contributed by atoms with Crippen LogP contribution in [-0.2, 0) is 24.8 Å². The molecule has 8 nitrogen and oxygen atoms in total. The normalized spacial score (nSPS) is 22.5. The summed E-state index contributed by atoms with van der Waals surface area (Å²) in [6, 6.07) is 11.3. The Morgan fingerprint density at radius 1 is 1.17 bits per heavy atom. The zero-order valence-corrected chi connectivity index (χ0v) is 24.5. The molecule has 218 valence electrons. The SMILES string of the molecule is N#CC1(NC(=O)C2CC(S(=O)(=O)c3ccc(OCC(F)(F)F)cc3Cl)CN2C(=O)C2(c3cccc(Br)c3)CC2)CC1. The number of sulfone groups is 1. The molecule has 0 spiro atoms. The second kappa shape index (κ2) is 10.5. The number of ether oxygens (including phenoxy) is 1. The predicted octanol–water partition coefficient (Wildman–Crippen LogP) is 4.69. The van der Waals surface area contributed by atoms with Gasteiger partial charge in [0.05, 0.1) is 26.7 Å². The van der Waals surface area contributed by atoms with Gasteiger partial charge in [-0.15, -0.1) is 0 Å². The molecule has 1 N–H and O–H groups in total. The lowest BCUT2D eigenvalue weighted by molar-refractivity contribution is -0.153. The molecule has 2 aliphatic carbocycles. The van der Waals surface area contributed by atoms with E-state index in [1.165, 1.54) is 4.90 Å². The average molecular weight is 675 g/mol. The minimum Gasteiger partial charge on any atom is -0.484 e. The Balaban J connectivity index is 1.43. The summed E-state index contributed by atoms with van der Waals surface area (Å²) in [6.07, 6.45) is -2.86. The first kappa shape index (κ1) is 29.7. The molecule has 2 unspecified atom stereocenters. The quantitative estimate of drug-likeness (QED) is 0.435. The summed E-state index contributed by atoms with van der Waals surface area (Å²) in [5.41, 5.74) is -1.18. The molecular formula is C27H24BrClF3N3O5S. The van der Waals surface area contributed by atoms with E-state index in [0.29, 0.717) is 25.7 Å². The molecule has 2 amide bonds. The van der Waals surface area contributed by atoms with Gasteiger partial charge in [0.2, 0.25) is 11.8 Å². The lowest BCUT2D eigenvalue weighted by atomic mass is 9.94. The van der Waals surface area contributed by atoms with E-state index in [1.54, 1.807) is 6.07 Å². The van der Waals surface area contributed by atoms with Gasteiger partial charge in [0.25, 0.3) is 0 Å². The fraction of sp³-hybridized carbons (Fsp3) is 0.444. The van der Waals surface area contributed by atoms with Gasteiger partial charge in [0, 0.05) is 17.1 Å². The summed E-state index contributed by atoms with van der Waals surface area (Å²) >= 11 is 9.61. The number of amides is 2. The number of rotatable bonds is 8. The molecular weight excluding hydrogens is 651 g/mol. The fourth-order valence-electron chi connectivity index (χ4n) is 5.16. The molecule has 3 aliphatic rings. The third-order valence-corrected chi connectivity index (χ3v) is 10.8. The Morgan fingerprint density at radius 3 is 2.44 bits per heavy atom. The minimum atomic E-state index is -4.59. The number of hydrogen-bond donors (Lipinski definition) is 1. The van der Waals surface area contributed by atoms with Gasteiger partial charge in [-0.25, -0.2) is 8.42 Å². The summed E-state index contributed by atoms with van der Waals surface area (Å²) in [6.45, 7) is -1.87. The zero-order chi connectivity index (χ0) is 29.8. The van der Waals surface area contributed by atoms with Crippen molar-refractivity contribution >= 4 is 49.2 Å². The fourth-order valence-corrected chi connectivity index (χ4v) is 7.80. The Bertz CT molecular complexity index is 1550. The van der Waals surface area contributed by atoms with Crippen LogP contribution in [0.15, 0.2) is 51.8 Å². The van der Waals surface area contributed by atoms with E-state index in [1.807, 2.05) is 18.2 Å². The maximum Gasteiger partial charge on any atom is 0.422 e. The standard InChI is InChI=1S/C27H24BrClF3N3O5S/c28-17-3-1-2-16(10-17)26(8-9-26)24(37)35-13-19(12-21(35)23(36)34-25(14-33)6-7-25)41(38,39)22-5-4-18(11-20(22)29)40-15-27(30,31)32/h1-5,10-11,19,21H,6-9,12-13,15H2,(H,34,36). The molecule has 1 aliphatic heterocycles. The van der Waals surface area contributed by atoms with Crippen LogP contribution in [0.1, 0.15) is 37.7 Å². The first-order valence-electron chi connectivity index (χ1n) is 12.7. The van der Waals surface area contributed by atoms with Crippen LogP contribution < -0.4 is 10.1 Å². The smallest absolute Gasteiger partial charge is 0.422 e. The van der Waals surface area contributed by atoms with E-state index in [2.05, 4.69) is 32.1 Å². The Hall–Kier alpha value is -2.82. The molecule has 41 heavy (non-hydrogen) atoms. The van der Waals surface area contributed by atoms with Crippen molar-refractivity contribution in [2.24, 2.45) is 0 Å². The molecule has 2 atom stereocenters. The summed E-state index contributed by atoms with van der Waals surface area (Å²) in [7, 11) is -4.25. The first-order chi connectivity index (χ1) is 19.2. The molecule has 3 fully saturated rings. The van der Waals surface area contributed by atoms with Gasteiger partial charge in [0.1, 0.15) is 17.3 Å². The molecule has 0 bridgehead atoms. The van der Waals surface area contributed by atoms with Crippen LogP contribution in [0, 0.1) is 11.3 Å². The van der Waals surface area contributed by atoms with Crippen LogP contribution in [-0.4, -0.2) is 61.3 Å².